The van der Waals surface area contributed by atoms with E-state index in [1.807, 2.05) is 0 Å². The Morgan fingerprint density at radius 2 is 2.28 bits per heavy atom. The number of carboxylic acids is 1. The summed E-state index contributed by atoms with van der Waals surface area (Å²) in [5.74, 6) is -0.832. The van der Waals surface area contributed by atoms with Gasteiger partial charge in [0.2, 0.25) is 0 Å². The number of carbonyl (C=O) groups is 3. The average Bonchev–Trinajstić information content (AvgIpc) is 3.45. The van der Waals surface area contributed by atoms with Gasteiger partial charge in [-0.3, -0.25) is 14.5 Å². The van der Waals surface area contributed by atoms with Crippen LogP contribution in [0.15, 0.2) is 31.7 Å². The zero-order valence-electron chi connectivity index (χ0n) is 16.7. The minimum Gasteiger partial charge on any atom is -0.477 e. The molecule has 2 N–H and O–H groups in total. The lowest BCUT2D eigenvalue weighted by Crippen LogP contribution is -2.71. The highest BCUT2D eigenvalue weighted by Crippen LogP contribution is 2.41. The lowest BCUT2D eigenvalue weighted by Gasteiger charge is -2.49. The van der Waals surface area contributed by atoms with Crippen LogP contribution in [-0.4, -0.2) is 77.9 Å². The van der Waals surface area contributed by atoms with Crippen molar-refractivity contribution >= 4 is 69.9 Å². The molecule has 2 aromatic heterocycles. The first-order valence-electron chi connectivity index (χ1n) is 9.04. The van der Waals surface area contributed by atoms with Crippen LogP contribution in [-0.2, 0) is 19.2 Å². The molecule has 4 rings (SSSR count). The normalized spacial score (nSPS) is 20.6. The Morgan fingerprint density at radius 3 is 2.91 bits per heavy atom. The fourth-order valence-electron chi connectivity index (χ4n) is 3.11. The minimum absolute atomic E-state index is 0.0386. The number of nitrogens with zero attached hydrogens (tertiary/aromatic N) is 5. The van der Waals surface area contributed by atoms with Gasteiger partial charge in [0.25, 0.3) is 11.8 Å². The molecule has 1 fully saturated rings. The maximum absolute atomic E-state index is 12.8. The van der Waals surface area contributed by atoms with Gasteiger partial charge in [0.1, 0.15) is 35.7 Å². The highest BCUT2D eigenvalue weighted by atomic mass is 32.2. The second-order valence-electron chi connectivity index (χ2n) is 6.51. The van der Waals surface area contributed by atoms with Crippen LogP contribution >= 0.6 is 46.4 Å². The Kier molecular flexibility index (Phi) is 6.78. The first-order valence-corrected chi connectivity index (χ1v) is 12.8. The quantitative estimate of drug-likeness (QED) is 0.229. The van der Waals surface area contributed by atoms with Crippen molar-refractivity contribution in [1.29, 1.82) is 0 Å². The van der Waals surface area contributed by atoms with Crippen molar-refractivity contribution in [2.75, 3.05) is 18.6 Å². The largest absolute Gasteiger partial charge is 0.477 e. The highest BCUT2D eigenvalue weighted by Gasteiger charge is 2.54. The topological polar surface area (TPSA) is 147 Å². The SMILES string of the molecule is CO/N=C(\C(=O)NC1C(=O)N2C(C(=O)O)=C(CSc3nc(C)ns3)CS[C@@H]12)c1cscn1. The molecule has 15 heteroatoms. The molecule has 32 heavy (non-hydrogen) atoms. The molecule has 1 unspecified atom stereocenters. The molecule has 0 spiro atoms. The molecular formula is C17H16N6O5S4. The van der Waals surface area contributed by atoms with Gasteiger partial charge in [0.15, 0.2) is 10.1 Å². The Bertz CT molecular complexity index is 1110. The molecule has 0 bridgehead atoms. The number of oxime groups is 1. The lowest BCUT2D eigenvalue weighted by molar-refractivity contribution is -0.150. The number of aromatic nitrogens is 3. The predicted molar refractivity (Wildman–Crippen MR) is 121 cm³/mol. The molecule has 2 aliphatic rings. The van der Waals surface area contributed by atoms with Crippen molar-refractivity contribution in [2.24, 2.45) is 5.16 Å². The number of fused-ring (bicyclic) bond motifs is 1. The maximum Gasteiger partial charge on any atom is 0.352 e. The molecular weight excluding hydrogens is 496 g/mol. The smallest absolute Gasteiger partial charge is 0.352 e. The van der Waals surface area contributed by atoms with Gasteiger partial charge in [-0.25, -0.2) is 14.8 Å². The predicted octanol–water partition coefficient (Wildman–Crippen LogP) is 1.18. The van der Waals surface area contributed by atoms with Crippen LogP contribution in [0.1, 0.15) is 11.5 Å². The number of aliphatic carboxylic acids is 1. The molecule has 4 heterocycles. The van der Waals surface area contributed by atoms with E-state index in [1.165, 1.54) is 58.4 Å². The highest BCUT2D eigenvalue weighted by molar-refractivity contribution is 8.01. The van der Waals surface area contributed by atoms with Crippen LogP contribution in [0.25, 0.3) is 0 Å². The van der Waals surface area contributed by atoms with E-state index < -0.39 is 29.2 Å². The Labute approximate surface area is 198 Å². The number of hydrogen-bond donors (Lipinski definition) is 2. The van der Waals surface area contributed by atoms with Crippen LogP contribution in [0, 0.1) is 6.92 Å². The van der Waals surface area contributed by atoms with E-state index in [0.29, 0.717) is 28.6 Å². The summed E-state index contributed by atoms with van der Waals surface area (Å²) in [5.41, 5.74) is 2.40. The van der Waals surface area contributed by atoms with Gasteiger partial charge in [0.05, 0.1) is 5.51 Å². The van der Waals surface area contributed by atoms with Gasteiger partial charge >= 0.3 is 5.97 Å². The molecule has 0 radical (unpaired) electrons. The van der Waals surface area contributed by atoms with Crippen molar-refractivity contribution < 1.29 is 24.3 Å². The number of thioether (sulfide) groups is 2. The van der Waals surface area contributed by atoms with Gasteiger partial charge in [-0.2, -0.15) is 4.37 Å². The molecule has 168 valence electrons. The van der Waals surface area contributed by atoms with Crippen molar-refractivity contribution in [3.05, 3.63) is 33.7 Å². The molecule has 11 nitrogen and oxygen atoms in total. The summed E-state index contributed by atoms with van der Waals surface area (Å²) < 4.78 is 4.85. The zero-order chi connectivity index (χ0) is 22.8. The molecule has 1 saturated heterocycles. The fraction of sp³-hybridized carbons (Fsp3) is 0.353. The standard InChI is InChI=1S/C17H16N6O5S4/c1-7-19-17(32-22-7)31-4-8-3-30-15-11(14(25)23(15)12(8)16(26)27)20-13(24)10(21-28-2)9-5-29-6-18-9/h5-6,11,15H,3-4H2,1-2H3,(H,20,24)(H,26,27)/b21-10-/t11?,15-/m0/s1. The van der Waals surface area contributed by atoms with Gasteiger partial charge in [0, 0.05) is 16.9 Å². The van der Waals surface area contributed by atoms with Crippen molar-refractivity contribution in [3.8, 4) is 0 Å². The number of carboxylic acid groups (broad SMARTS) is 1. The van der Waals surface area contributed by atoms with Crippen LogP contribution in [0.5, 0.6) is 0 Å². The summed E-state index contributed by atoms with van der Waals surface area (Å²) in [6.45, 7) is 1.79. The summed E-state index contributed by atoms with van der Waals surface area (Å²) in [4.78, 5) is 51.8. The van der Waals surface area contributed by atoms with Crippen LogP contribution in [0.3, 0.4) is 0 Å². The molecule has 2 aliphatic heterocycles. The third-order valence-corrected chi connectivity index (χ3v) is 8.43. The van der Waals surface area contributed by atoms with E-state index >= 15 is 0 Å². The summed E-state index contributed by atoms with van der Waals surface area (Å²) in [6.07, 6.45) is 0. The zero-order valence-corrected chi connectivity index (χ0v) is 19.9. The van der Waals surface area contributed by atoms with Gasteiger partial charge in [-0.15, -0.1) is 23.1 Å². The summed E-state index contributed by atoms with van der Waals surface area (Å²) in [7, 11) is 1.30. The molecule has 2 amide bonds. The number of carbonyl (C=O) groups excluding carboxylic acids is 2. The summed E-state index contributed by atoms with van der Waals surface area (Å²) >= 11 is 5.32. The Morgan fingerprint density at radius 1 is 1.47 bits per heavy atom. The van der Waals surface area contributed by atoms with Gasteiger partial charge < -0.3 is 15.3 Å². The fourth-order valence-corrected chi connectivity index (χ4v) is 6.78. The molecule has 0 aliphatic carbocycles. The van der Waals surface area contributed by atoms with E-state index in [4.69, 9.17) is 4.84 Å². The summed E-state index contributed by atoms with van der Waals surface area (Å²) in [6, 6.07) is -0.873. The van der Waals surface area contributed by atoms with Crippen molar-refractivity contribution in [3.63, 3.8) is 0 Å². The Hall–Kier alpha value is -2.49. The second-order valence-corrected chi connectivity index (χ2v) is 10.3. The van der Waals surface area contributed by atoms with Gasteiger partial charge in [-0.1, -0.05) is 16.9 Å². The molecule has 0 aromatic carbocycles. The first-order chi connectivity index (χ1) is 15.4. The molecule has 2 atom stereocenters. The molecule has 2 aromatic rings. The molecule has 0 saturated carbocycles. The number of nitrogens with one attached hydrogen (secondary N) is 1. The van der Waals surface area contributed by atoms with E-state index in [-0.39, 0.29) is 11.4 Å². The van der Waals surface area contributed by atoms with E-state index in [2.05, 4.69) is 24.8 Å². The number of hydrogen-bond acceptors (Lipinski definition) is 12. The number of aryl methyl sites for hydroxylation is 1. The number of thiazole rings is 1. The van der Waals surface area contributed by atoms with Crippen LogP contribution in [0.4, 0.5) is 0 Å². The third kappa shape index (κ3) is 4.37. The van der Waals surface area contributed by atoms with E-state index in [1.54, 1.807) is 17.8 Å². The maximum atomic E-state index is 12.8. The van der Waals surface area contributed by atoms with Crippen molar-refractivity contribution in [2.45, 2.75) is 22.7 Å². The number of β-lactam (4-membered cyclic amide) rings is 1. The monoisotopic (exact) mass is 512 g/mol. The van der Waals surface area contributed by atoms with Gasteiger partial charge in [-0.05, 0) is 24.0 Å². The van der Waals surface area contributed by atoms with E-state index in [9.17, 15) is 19.5 Å². The van der Waals surface area contributed by atoms with E-state index in [0.717, 1.165) is 4.34 Å². The minimum atomic E-state index is -1.18. The second kappa shape index (κ2) is 9.56. The van der Waals surface area contributed by atoms with Crippen LogP contribution in [0.2, 0.25) is 0 Å². The summed E-state index contributed by atoms with van der Waals surface area (Å²) in [5, 5.41) is 17.2. The number of rotatable bonds is 8. The Balaban J connectivity index is 1.48. The lowest BCUT2D eigenvalue weighted by atomic mass is 10.0. The van der Waals surface area contributed by atoms with Crippen molar-refractivity contribution in [1.82, 2.24) is 24.6 Å². The first kappa shape index (κ1) is 22.7. The number of amides is 2. The third-order valence-electron chi connectivity index (χ3n) is 4.49. The average molecular weight is 513 g/mol. The van der Waals surface area contributed by atoms with Crippen LogP contribution < -0.4 is 5.32 Å².